The molecule has 0 amide bonds. The molecule has 0 N–H and O–H groups in total. The molecular weight excluding hydrogens is 929 g/mol. The van der Waals surface area contributed by atoms with E-state index in [0.717, 1.165) is 77.4 Å². The quantitative estimate of drug-likeness (QED) is 0.172. The van der Waals surface area contributed by atoms with Crippen molar-refractivity contribution in [2.45, 2.75) is 5.41 Å². The molecule has 6 nitrogen and oxygen atoms in total. The van der Waals surface area contributed by atoms with Gasteiger partial charge < -0.3 is 13.4 Å². The molecule has 2 aliphatic rings. The number of hydrogen-bond donors (Lipinski definition) is 0. The van der Waals surface area contributed by atoms with Gasteiger partial charge in [-0.3, -0.25) is 0 Å². The highest BCUT2D eigenvalue weighted by molar-refractivity contribution is 6.17. The summed E-state index contributed by atoms with van der Waals surface area (Å²) in [5.41, 5.74) is 21.1. The maximum absolute atomic E-state index is 7.06. The van der Waals surface area contributed by atoms with E-state index in [1.54, 1.807) is 0 Å². The third-order valence-electron chi connectivity index (χ3n) is 16.2. The summed E-state index contributed by atoms with van der Waals surface area (Å²) in [5, 5.41) is 6.83. The van der Waals surface area contributed by atoms with Gasteiger partial charge in [0.15, 0.2) is 17.5 Å². The first-order valence-corrected chi connectivity index (χ1v) is 25.8. The molecule has 0 radical (unpaired) electrons. The first-order chi connectivity index (χ1) is 37.7. The van der Waals surface area contributed by atoms with Crippen molar-refractivity contribution in [2.75, 3.05) is 0 Å². The van der Waals surface area contributed by atoms with Crippen LogP contribution in [0.1, 0.15) is 22.3 Å². The van der Waals surface area contributed by atoms with Gasteiger partial charge in [0.25, 0.3) is 0 Å². The molecule has 15 aromatic rings. The lowest BCUT2D eigenvalue weighted by atomic mass is 9.69. The number of aromatic nitrogens is 4. The smallest absolute Gasteiger partial charge is 0.164 e. The van der Waals surface area contributed by atoms with Crippen molar-refractivity contribution in [3.8, 4) is 73.2 Å². The van der Waals surface area contributed by atoms with Crippen LogP contribution in [-0.2, 0) is 5.41 Å². The minimum Gasteiger partial charge on any atom is -0.456 e. The molecule has 4 heterocycles. The summed E-state index contributed by atoms with van der Waals surface area (Å²) in [6, 6.07) is 86.8. The summed E-state index contributed by atoms with van der Waals surface area (Å²) in [7, 11) is 0. The standard InChI is InChI=1S/C70H40N4O2/c1-3-16-41(17-4-1)67-71-68(73-69(72-67)45-31-32-51-50-25-10-14-29-61(50)75-63(51)38-45)44-19-15-18-42(36-44)43-30-33-53-64(37-43)76-62-35-34-52-54-39-55-49-24-9-13-28-59(49)74(46-20-5-2-6-21-46)60(55)40-58(54)70(66(52)65(53)62)56-26-11-7-22-47(56)48-23-8-12-27-57(48)70/h1-40H. The maximum atomic E-state index is 7.06. The lowest BCUT2D eigenvalue weighted by Crippen LogP contribution is -2.26. The van der Waals surface area contributed by atoms with Crippen LogP contribution in [0.3, 0.4) is 0 Å². The second-order valence-electron chi connectivity index (χ2n) is 20.2. The zero-order chi connectivity index (χ0) is 49.6. The van der Waals surface area contributed by atoms with E-state index in [1.807, 2.05) is 54.6 Å². The molecule has 11 aromatic carbocycles. The number of para-hydroxylation sites is 3. The van der Waals surface area contributed by atoms with Crippen LogP contribution in [-0.4, -0.2) is 19.5 Å². The fourth-order valence-electron chi connectivity index (χ4n) is 13.0. The molecule has 4 aromatic heterocycles. The average molecular weight is 969 g/mol. The van der Waals surface area contributed by atoms with Gasteiger partial charge in [0.1, 0.15) is 22.3 Å². The molecule has 2 aliphatic carbocycles. The van der Waals surface area contributed by atoms with E-state index in [2.05, 4.69) is 193 Å². The predicted molar refractivity (Wildman–Crippen MR) is 307 cm³/mol. The molecule has 17 rings (SSSR count). The molecule has 6 heteroatoms. The first kappa shape index (κ1) is 41.3. The fraction of sp³-hybridized carbons (Fsp3) is 0.0143. The van der Waals surface area contributed by atoms with Crippen molar-refractivity contribution in [1.29, 1.82) is 0 Å². The molecular formula is C70H40N4O2. The third kappa shape index (κ3) is 5.67. The number of hydrogen-bond acceptors (Lipinski definition) is 5. The molecule has 0 atom stereocenters. The van der Waals surface area contributed by atoms with Crippen LogP contribution in [0.2, 0.25) is 0 Å². The molecule has 76 heavy (non-hydrogen) atoms. The van der Waals surface area contributed by atoms with Crippen molar-refractivity contribution in [2.24, 2.45) is 0 Å². The first-order valence-electron chi connectivity index (χ1n) is 25.8. The maximum Gasteiger partial charge on any atom is 0.164 e. The lowest BCUT2D eigenvalue weighted by molar-refractivity contribution is 0.668. The summed E-state index contributed by atoms with van der Waals surface area (Å²) in [4.78, 5) is 15.3. The Labute approximate surface area is 435 Å². The summed E-state index contributed by atoms with van der Waals surface area (Å²) in [6.07, 6.45) is 0. The van der Waals surface area contributed by atoms with Crippen molar-refractivity contribution in [3.05, 3.63) is 265 Å². The summed E-state index contributed by atoms with van der Waals surface area (Å²) in [5.74, 6) is 1.75. The Morgan fingerprint density at radius 3 is 1.67 bits per heavy atom. The monoisotopic (exact) mass is 968 g/mol. The summed E-state index contributed by atoms with van der Waals surface area (Å²) >= 11 is 0. The third-order valence-corrected chi connectivity index (χ3v) is 16.2. The van der Waals surface area contributed by atoms with Crippen LogP contribution < -0.4 is 0 Å². The van der Waals surface area contributed by atoms with Gasteiger partial charge in [0, 0.05) is 54.7 Å². The Kier molecular flexibility index (Phi) is 8.39. The molecule has 0 fully saturated rings. The molecule has 1 spiro atoms. The molecule has 0 bridgehead atoms. The normalized spacial score (nSPS) is 13.1. The second-order valence-corrected chi connectivity index (χ2v) is 20.2. The van der Waals surface area contributed by atoms with Crippen molar-refractivity contribution >= 4 is 65.7 Å². The van der Waals surface area contributed by atoms with Crippen molar-refractivity contribution in [3.63, 3.8) is 0 Å². The Hall–Kier alpha value is -10.2. The molecule has 0 saturated heterocycles. The van der Waals surface area contributed by atoms with Crippen LogP contribution >= 0.6 is 0 Å². The van der Waals surface area contributed by atoms with Crippen LogP contribution in [0, 0.1) is 0 Å². The Balaban J connectivity index is 0.847. The largest absolute Gasteiger partial charge is 0.456 e. The zero-order valence-electron chi connectivity index (χ0n) is 40.7. The van der Waals surface area contributed by atoms with E-state index in [-0.39, 0.29) is 0 Å². The number of furan rings is 2. The van der Waals surface area contributed by atoms with E-state index >= 15 is 0 Å². The molecule has 0 saturated carbocycles. The minimum atomic E-state index is -0.618. The van der Waals surface area contributed by atoms with Crippen LogP contribution in [0.25, 0.3) is 139 Å². The average Bonchev–Trinajstić information content (AvgIpc) is 4.46. The van der Waals surface area contributed by atoms with Crippen LogP contribution in [0.4, 0.5) is 0 Å². The lowest BCUT2D eigenvalue weighted by Gasteiger charge is -2.31. The van der Waals surface area contributed by atoms with Crippen molar-refractivity contribution < 1.29 is 8.83 Å². The van der Waals surface area contributed by atoms with Gasteiger partial charge >= 0.3 is 0 Å². The Morgan fingerprint density at radius 1 is 0.303 bits per heavy atom. The van der Waals surface area contributed by atoms with E-state index in [9.17, 15) is 0 Å². The van der Waals surface area contributed by atoms with E-state index < -0.39 is 5.41 Å². The predicted octanol–water partition coefficient (Wildman–Crippen LogP) is 17.8. The number of benzene rings is 11. The highest BCUT2D eigenvalue weighted by atomic mass is 16.3. The minimum absolute atomic E-state index is 0.572. The van der Waals surface area contributed by atoms with Gasteiger partial charge in [-0.2, -0.15) is 0 Å². The fourth-order valence-corrected chi connectivity index (χ4v) is 13.0. The number of nitrogens with zero attached hydrogens (tertiary/aromatic N) is 4. The molecule has 352 valence electrons. The number of rotatable bonds is 5. The summed E-state index contributed by atoms with van der Waals surface area (Å²) < 4.78 is 15.8. The topological polar surface area (TPSA) is 69.9 Å². The highest BCUT2D eigenvalue weighted by Gasteiger charge is 2.53. The Morgan fingerprint density at radius 2 is 0.868 bits per heavy atom. The zero-order valence-corrected chi connectivity index (χ0v) is 40.7. The van der Waals surface area contributed by atoms with Gasteiger partial charge in [-0.25, -0.2) is 15.0 Å². The van der Waals surface area contributed by atoms with Crippen molar-refractivity contribution in [1.82, 2.24) is 19.5 Å². The SMILES string of the molecule is c1ccc(-c2nc(-c3cccc(-c4ccc5c(c4)oc4ccc6c(c45)C4(c5ccccc5-c5ccccc54)c4cc5c(cc4-6)c4ccccc4n5-c4ccccc4)c3)nc(-c3ccc4c(c3)oc3ccccc34)n2)cc1. The molecule has 0 aliphatic heterocycles. The van der Waals surface area contributed by atoms with Gasteiger partial charge in [0.05, 0.1) is 16.4 Å². The van der Waals surface area contributed by atoms with Crippen LogP contribution in [0.15, 0.2) is 251 Å². The van der Waals surface area contributed by atoms with E-state index in [0.29, 0.717) is 17.5 Å². The van der Waals surface area contributed by atoms with Gasteiger partial charge in [-0.05, 0) is 128 Å². The van der Waals surface area contributed by atoms with Gasteiger partial charge in [-0.15, -0.1) is 0 Å². The summed E-state index contributed by atoms with van der Waals surface area (Å²) in [6.45, 7) is 0. The number of fused-ring (bicyclic) bond motifs is 20. The highest BCUT2D eigenvalue weighted by Crippen LogP contribution is 2.65. The van der Waals surface area contributed by atoms with E-state index in [4.69, 9.17) is 23.8 Å². The van der Waals surface area contributed by atoms with Gasteiger partial charge in [-0.1, -0.05) is 170 Å². The Bertz CT molecular complexity index is 4900. The van der Waals surface area contributed by atoms with Gasteiger partial charge in [0.2, 0.25) is 0 Å². The van der Waals surface area contributed by atoms with Crippen LogP contribution in [0.5, 0.6) is 0 Å². The van der Waals surface area contributed by atoms with E-state index in [1.165, 1.54) is 66.3 Å². The molecule has 0 unspecified atom stereocenters. The second kappa shape index (κ2) is 15.4.